The smallest absolute Gasteiger partial charge is 0.159 e. The second-order valence-corrected chi connectivity index (χ2v) is 7.36. The number of nitrogens with zero attached hydrogens (tertiary/aromatic N) is 1. The van der Waals surface area contributed by atoms with Gasteiger partial charge < -0.3 is 4.74 Å². The van der Waals surface area contributed by atoms with Crippen LogP contribution in [0.15, 0.2) is 85.6 Å². The zero-order valence-corrected chi connectivity index (χ0v) is 17.4. The van der Waals surface area contributed by atoms with Crippen LogP contribution in [0.1, 0.15) is 22.4 Å². The first-order valence-corrected chi connectivity index (χ1v) is 10.3. The fraction of sp³-hybridized carbons (Fsp3) is 0.107. The van der Waals surface area contributed by atoms with Gasteiger partial charge in [-0.2, -0.15) is 0 Å². The van der Waals surface area contributed by atoms with Crippen molar-refractivity contribution < 1.29 is 13.5 Å². The Kier molecular flexibility index (Phi) is 6.57. The summed E-state index contributed by atoms with van der Waals surface area (Å²) in [6.45, 7) is 4.10. The first-order valence-electron chi connectivity index (χ1n) is 10.3. The van der Waals surface area contributed by atoms with Crippen molar-refractivity contribution in [3.8, 4) is 17.6 Å². The fourth-order valence-corrected chi connectivity index (χ4v) is 3.29. The Bertz CT molecular complexity index is 1300. The van der Waals surface area contributed by atoms with Gasteiger partial charge in [0.15, 0.2) is 11.6 Å². The molecule has 0 radical (unpaired) electrons. The van der Waals surface area contributed by atoms with Gasteiger partial charge in [0.2, 0.25) is 0 Å². The lowest BCUT2D eigenvalue weighted by atomic mass is 10.0. The zero-order valence-electron chi connectivity index (χ0n) is 17.4. The van der Waals surface area contributed by atoms with Gasteiger partial charge in [-0.3, -0.25) is 4.98 Å². The van der Waals surface area contributed by atoms with Crippen molar-refractivity contribution in [2.24, 2.45) is 0 Å². The van der Waals surface area contributed by atoms with E-state index in [4.69, 9.17) is 4.74 Å². The van der Waals surface area contributed by atoms with Crippen LogP contribution < -0.4 is 4.74 Å². The van der Waals surface area contributed by atoms with Crippen LogP contribution in [0.5, 0.6) is 5.75 Å². The summed E-state index contributed by atoms with van der Waals surface area (Å²) in [5.74, 6) is 5.25. The molecule has 3 aromatic carbocycles. The van der Waals surface area contributed by atoms with Gasteiger partial charge >= 0.3 is 0 Å². The van der Waals surface area contributed by atoms with Gasteiger partial charge in [0.1, 0.15) is 12.4 Å². The molecule has 4 aromatic rings. The molecule has 0 spiro atoms. The summed E-state index contributed by atoms with van der Waals surface area (Å²) < 4.78 is 32.3. The Hall–Kier alpha value is -3.97. The van der Waals surface area contributed by atoms with Crippen molar-refractivity contribution in [3.05, 3.63) is 120 Å². The third-order valence-corrected chi connectivity index (χ3v) is 5.02. The van der Waals surface area contributed by atoms with E-state index in [0.29, 0.717) is 17.4 Å². The highest BCUT2D eigenvalue weighted by Gasteiger charge is 2.04. The largest absolute Gasteiger partial charge is 0.488 e. The number of hydrogen-bond donors (Lipinski definition) is 0. The van der Waals surface area contributed by atoms with Gasteiger partial charge in [0.25, 0.3) is 0 Å². The fourth-order valence-electron chi connectivity index (χ4n) is 3.29. The third kappa shape index (κ3) is 5.39. The summed E-state index contributed by atoms with van der Waals surface area (Å²) >= 11 is 0. The highest BCUT2D eigenvalue weighted by Crippen LogP contribution is 2.20. The van der Waals surface area contributed by atoms with Crippen LogP contribution in [0.2, 0.25) is 0 Å². The second-order valence-electron chi connectivity index (χ2n) is 7.36. The summed E-state index contributed by atoms with van der Waals surface area (Å²) in [6.07, 6.45) is 5.14. The molecule has 1 aromatic heterocycles. The molecule has 158 valence electrons. The summed E-state index contributed by atoms with van der Waals surface area (Å²) in [4.78, 5) is 4.43. The average Bonchev–Trinajstić information content (AvgIpc) is 2.82. The quantitative estimate of drug-likeness (QED) is 0.269. The first kappa shape index (κ1) is 21.3. The molecule has 2 nitrogen and oxygen atoms in total. The number of hydrogen-bond acceptors (Lipinski definition) is 2. The van der Waals surface area contributed by atoms with E-state index in [1.165, 1.54) is 17.7 Å². The van der Waals surface area contributed by atoms with E-state index in [1.807, 2.05) is 30.3 Å². The van der Waals surface area contributed by atoms with Crippen molar-refractivity contribution in [1.29, 1.82) is 0 Å². The highest BCUT2D eigenvalue weighted by molar-refractivity contribution is 5.84. The van der Waals surface area contributed by atoms with E-state index >= 15 is 0 Å². The topological polar surface area (TPSA) is 22.1 Å². The maximum absolute atomic E-state index is 13.5. The molecule has 32 heavy (non-hydrogen) atoms. The molecule has 0 amide bonds. The summed E-state index contributed by atoms with van der Waals surface area (Å²) in [5.41, 5.74) is 3.85. The van der Waals surface area contributed by atoms with Crippen molar-refractivity contribution >= 4 is 10.8 Å². The third-order valence-electron chi connectivity index (χ3n) is 5.02. The SMILES string of the molecule is C=CCOc1ccc(CCc2ccc(C#Cc3ccc4cc(F)c(F)cc4c3)cc2)nc1. The molecular formula is C28H21F2NO. The second kappa shape index (κ2) is 9.89. The van der Waals surface area contributed by atoms with E-state index in [2.05, 4.69) is 35.5 Å². The van der Waals surface area contributed by atoms with Crippen molar-refractivity contribution in [2.45, 2.75) is 12.8 Å². The number of benzene rings is 3. The molecule has 0 fully saturated rings. The van der Waals surface area contributed by atoms with Crippen molar-refractivity contribution in [3.63, 3.8) is 0 Å². The monoisotopic (exact) mass is 425 g/mol. The molecule has 0 bridgehead atoms. The number of aryl methyl sites for hydroxylation is 2. The number of fused-ring (bicyclic) bond motifs is 1. The number of pyridine rings is 1. The minimum atomic E-state index is -0.856. The standard InChI is InChI=1S/C28H21F2NO/c1-2-15-32-26-14-13-25(31-19-26)12-10-21-5-3-20(4-6-21)7-8-22-9-11-23-17-27(29)28(30)18-24(23)16-22/h2-6,9,11,13-14,16-19H,1,10,12,15H2. The van der Waals surface area contributed by atoms with Crippen LogP contribution in [-0.4, -0.2) is 11.6 Å². The van der Waals surface area contributed by atoms with Crippen LogP contribution in [-0.2, 0) is 12.8 Å². The molecule has 0 aliphatic carbocycles. The lowest BCUT2D eigenvalue weighted by Gasteiger charge is -2.05. The first-order chi connectivity index (χ1) is 15.6. The molecule has 1 heterocycles. The van der Waals surface area contributed by atoms with Crippen molar-refractivity contribution in [2.75, 3.05) is 6.61 Å². The predicted molar refractivity (Wildman–Crippen MR) is 124 cm³/mol. The predicted octanol–water partition coefficient (Wildman–Crippen LogP) is 6.26. The highest BCUT2D eigenvalue weighted by atomic mass is 19.2. The van der Waals surface area contributed by atoms with E-state index in [1.54, 1.807) is 24.4 Å². The normalized spacial score (nSPS) is 10.4. The van der Waals surface area contributed by atoms with Crippen LogP contribution in [0.25, 0.3) is 10.8 Å². The Labute approximate surface area is 186 Å². The molecule has 4 heteroatoms. The minimum Gasteiger partial charge on any atom is -0.488 e. The van der Waals surface area contributed by atoms with Crippen LogP contribution in [0, 0.1) is 23.5 Å². The Balaban J connectivity index is 1.38. The molecule has 4 rings (SSSR count). The van der Waals surface area contributed by atoms with Crippen LogP contribution >= 0.6 is 0 Å². The van der Waals surface area contributed by atoms with Gasteiger partial charge in [-0.25, -0.2) is 8.78 Å². The van der Waals surface area contributed by atoms with E-state index in [9.17, 15) is 8.78 Å². The van der Waals surface area contributed by atoms with Gasteiger partial charge in [-0.05, 0) is 77.7 Å². The van der Waals surface area contributed by atoms with Crippen molar-refractivity contribution in [1.82, 2.24) is 4.98 Å². The van der Waals surface area contributed by atoms with Gasteiger partial charge in [-0.1, -0.05) is 42.7 Å². The molecule has 0 saturated heterocycles. The summed E-state index contributed by atoms with van der Waals surface area (Å²) in [5, 5.41) is 1.27. The van der Waals surface area contributed by atoms with Gasteiger partial charge in [0, 0.05) is 16.8 Å². The Morgan fingerprint density at radius 1 is 0.812 bits per heavy atom. The van der Waals surface area contributed by atoms with E-state index < -0.39 is 11.6 Å². The number of ether oxygens (including phenoxy) is 1. The molecule has 0 unspecified atom stereocenters. The van der Waals surface area contributed by atoms with E-state index in [0.717, 1.165) is 35.4 Å². The van der Waals surface area contributed by atoms with Gasteiger partial charge in [-0.15, -0.1) is 0 Å². The Morgan fingerprint density at radius 2 is 1.53 bits per heavy atom. The number of aromatic nitrogens is 1. The number of rotatable bonds is 6. The molecule has 0 aliphatic heterocycles. The maximum atomic E-state index is 13.5. The Morgan fingerprint density at radius 3 is 2.25 bits per heavy atom. The van der Waals surface area contributed by atoms with Crippen LogP contribution in [0.4, 0.5) is 8.78 Å². The molecule has 0 N–H and O–H groups in total. The summed E-state index contributed by atoms with van der Waals surface area (Å²) in [7, 11) is 0. The maximum Gasteiger partial charge on any atom is 0.159 e. The minimum absolute atomic E-state index is 0.468. The van der Waals surface area contributed by atoms with E-state index in [-0.39, 0.29) is 0 Å². The van der Waals surface area contributed by atoms with Crippen LogP contribution in [0.3, 0.4) is 0 Å². The van der Waals surface area contributed by atoms with Gasteiger partial charge in [0.05, 0.1) is 6.20 Å². The average molecular weight is 425 g/mol. The lowest BCUT2D eigenvalue weighted by Crippen LogP contribution is -1.97. The lowest BCUT2D eigenvalue weighted by molar-refractivity contribution is 0.361. The molecular weight excluding hydrogens is 404 g/mol. The number of halogens is 2. The zero-order chi connectivity index (χ0) is 22.3. The molecule has 0 atom stereocenters. The summed E-state index contributed by atoms with van der Waals surface area (Å²) in [6, 6.07) is 19.7. The molecule has 0 saturated carbocycles. The molecule has 0 aliphatic rings.